The summed E-state index contributed by atoms with van der Waals surface area (Å²) in [7, 11) is 0. The Bertz CT molecular complexity index is 412. The van der Waals surface area contributed by atoms with Crippen LogP contribution in [0.4, 0.5) is 18.9 Å². The minimum absolute atomic E-state index is 0.370. The van der Waals surface area contributed by atoms with Crippen molar-refractivity contribution in [2.24, 2.45) is 4.99 Å². The molecular formula is C11H11BrF3N. The highest BCUT2D eigenvalue weighted by Gasteiger charge is 2.34. The van der Waals surface area contributed by atoms with Crippen molar-refractivity contribution in [3.63, 3.8) is 0 Å². The minimum atomic E-state index is -4.44. The molecule has 0 saturated heterocycles. The highest BCUT2D eigenvalue weighted by atomic mass is 79.9. The maximum atomic E-state index is 12.3. The Kier molecular flexibility index (Phi) is 3.78. The van der Waals surface area contributed by atoms with Gasteiger partial charge in [0, 0.05) is 0 Å². The van der Waals surface area contributed by atoms with Gasteiger partial charge in [-0.1, -0.05) is 17.7 Å². The van der Waals surface area contributed by atoms with Gasteiger partial charge in [0.05, 0.1) is 5.69 Å². The van der Waals surface area contributed by atoms with Crippen molar-refractivity contribution in [1.82, 2.24) is 0 Å². The van der Waals surface area contributed by atoms with Crippen LogP contribution < -0.4 is 0 Å². The van der Waals surface area contributed by atoms with Crippen LogP contribution in [-0.2, 0) is 0 Å². The number of aryl methyl sites for hydroxylation is 3. The molecule has 1 nitrogen and oxygen atoms in total. The highest BCUT2D eigenvalue weighted by Crippen LogP contribution is 2.29. The van der Waals surface area contributed by atoms with E-state index in [1.165, 1.54) is 0 Å². The lowest BCUT2D eigenvalue weighted by Crippen LogP contribution is -2.16. The summed E-state index contributed by atoms with van der Waals surface area (Å²) in [6, 6.07) is 3.62. The van der Waals surface area contributed by atoms with Gasteiger partial charge in [0.25, 0.3) is 0 Å². The van der Waals surface area contributed by atoms with E-state index in [1.807, 2.05) is 19.1 Å². The molecule has 0 aromatic heterocycles. The molecule has 0 amide bonds. The lowest BCUT2D eigenvalue weighted by Gasteiger charge is -2.09. The van der Waals surface area contributed by atoms with E-state index in [0.29, 0.717) is 5.69 Å². The Balaban J connectivity index is 3.26. The summed E-state index contributed by atoms with van der Waals surface area (Å²) in [5.41, 5.74) is 2.85. The number of hydrogen-bond donors (Lipinski definition) is 0. The molecule has 16 heavy (non-hydrogen) atoms. The van der Waals surface area contributed by atoms with Crippen molar-refractivity contribution in [3.8, 4) is 0 Å². The number of aliphatic imine (C=N–C) groups is 1. The van der Waals surface area contributed by atoms with Gasteiger partial charge in [-0.05, 0) is 47.8 Å². The molecule has 0 aliphatic heterocycles. The number of hydrogen-bond acceptors (Lipinski definition) is 1. The number of nitrogens with zero attached hydrogens (tertiary/aromatic N) is 1. The molecule has 0 aliphatic carbocycles. The fraction of sp³-hybridized carbons (Fsp3) is 0.364. The second kappa shape index (κ2) is 4.57. The third-order valence-electron chi connectivity index (χ3n) is 2.08. The monoisotopic (exact) mass is 293 g/mol. The zero-order valence-electron chi connectivity index (χ0n) is 9.11. The Morgan fingerprint density at radius 3 is 1.94 bits per heavy atom. The van der Waals surface area contributed by atoms with E-state index in [9.17, 15) is 13.2 Å². The summed E-state index contributed by atoms with van der Waals surface area (Å²) in [5, 5.41) is 0. The molecule has 0 radical (unpaired) electrons. The zero-order valence-corrected chi connectivity index (χ0v) is 10.7. The number of halogens is 4. The summed E-state index contributed by atoms with van der Waals surface area (Å²) >= 11 is 2.45. The van der Waals surface area contributed by atoms with Crippen molar-refractivity contribution in [3.05, 3.63) is 28.8 Å². The van der Waals surface area contributed by atoms with Gasteiger partial charge in [-0.15, -0.1) is 0 Å². The van der Waals surface area contributed by atoms with Crippen LogP contribution >= 0.6 is 15.9 Å². The summed E-state index contributed by atoms with van der Waals surface area (Å²) in [4.78, 5) is 3.58. The van der Waals surface area contributed by atoms with E-state index in [1.54, 1.807) is 13.8 Å². The van der Waals surface area contributed by atoms with Crippen molar-refractivity contribution >= 4 is 26.2 Å². The fourth-order valence-corrected chi connectivity index (χ4v) is 1.69. The maximum Gasteiger partial charge on any atom is 0.440 e. The molecule has 0 spiro atoms. The van der Waals surface area contributed by atoms with E-state index in [0.717, 1.165) is 16.7 Å². The van der Waals surface area contributed by atoms with E-state index < -0.39 is 10.8 Å². The van der Waals surface area contributed by atoms with Crippen LogP contribution in [0.15, 0.2) is 17.1 Å². The Morgan fingerprint density at radius 1 is 1.12 bits per heavy atom. The molecule has 1 aromatic carbocycles. The maximum absolute atomic E-state index is 12.3. The molecule has 0 unspecified atom stereocenters. The van der Waals surface area contributed by atoms with Crippen LogP contribution in [0.1, 0.15) is 16.7 Å². The van der Waals surface area contributed by atoms with Gasteiger partial charge in [-0.25, -0.2) is 4.99 Å². The SMILES string of the molecule is Cc1cc(C)c(N=C(Br)C(F)(F)F)c(C)c1. The molecule has 0 N–H and O–H groups in total. The molecular weight excluding hydrogens is 283 g/mol. The van der Waals surface area contributed by atoms with E-state index in [-0.39, 0.29) is 0 Å². The molecule has 0 fully saturated rings. The predicted molar refractivity (Wildman–Crippen MR) is 62.7 cm³/mol. The van der Waals surface area contributed by atoms with Gasteiger partial charge in [-0.3, -0.25) is 0 Å². The quantitative estimate of drug-likeness (QED) is 0.671. The Hall–Kier alpha value is -0.840. The Morgan fingerprint density at radius 2 is 1.56 bits per heavy atom. The standard InChI is InChI=1S/C11H11BrF3N/c1-6-4-7(2)9(8(3)5-6)16-10(12)11(13,14)15/h4-5H,1-3H3. The topological polar surface area (TPSA) is 12.4 Å². The molecule has 0 bridgehead atoms. The average Bonchev–Trinajstić information content (AvgIpc) is 2.08. The third-order valence-corrected chi connectivity index (χ3v) is 2.71. The van der Waals surface area contributed by atoms with Crippen molar-refractivity contribution in [1.29, 1.82) is 0 Å². The van der Waals surface area contributed by atoms with E-state index in [4.69, 9.17) is 0 Å². The van der Waals surface area contributed by atoms with Crippen LogP contribution in [0.5, 0.6) is 0 Å². The van der Waals surface area contributed by atoms with Crippen molar-refractivity contribution in [2.45, 2.75) is 26.9 Å². The van der Waals surface area contributed by atoms with Gasteiger partial charge < -0.3 is 0 Å². The first-order valence-electron chi connectivity index (χ1n) is 4.61. The van der Waals surface area contributed by atoms with Crippen LogP contribution in [0.25, 0.3) is 0 Å². The van der Waals surface area contributed by atoms with Gasteiger partial charge in [0.2, 0.25) is 0 Å². The van der Waals surface area contributed by atoms with Gasteiger partial charge in [0.15, 0.2) is 4.62 Å². The summed E-state index contributed by atoms with van der Waals surface area (Å²) in [5.74, 6) is 0. The first-order valence-corrected chi connectivity index (χ1v) is 5.40. The lowest BCUT2D eigenvalue weighted by molar-refractivity contribution is -0.0550. The van der Waals surface area contributed by atoms with Crippen molar-refractivity contribution < 1.29 is 13.2 Å². The molecule has 0 heterocycles. The normalized spacial score (nSPS) is 13.1. The van der Waals surface area contributed by atoms with Crippen LogP contribution in [0.3, 0.4) is 0 Å². The zero-order chi connectivity index (χ0) is 12.5. The summed E-state index contributed by atoms with van der Waals surface area (Å²) in [6.45, 7) is 5.39. The molecule has 1 rings (SSSR count). The minimum Gasteiger partial charge on any atom is -0.236 e. The smallest absolute Gasteiger partial charge is 0.236 e. The third kappa shape index (κ3) is 3.07. The second-order valence-corrected chi connectivity index (χ2v) is 4.40. The fourth-order valence-electron chi connectivity index (χ4n) is 1.51. The molecule has 0 saturated carbocycles. The second-order valence-electron chi connectivity index (χ2n) is 3.65. The Labute approximate surface area is 101 Å². The average molecular weight is 294 g/mol. The summed E-state index contributed by atoms with van der Waals surface area (Å²) < 4.78 is 35.9. The predicted octanol–water partition coefficient (Wildman–Crippen LogP) is 4.60. The van der Waals surface area contributed by atoms with Gasteiger partial charge >= 0.3 is 6.18 Å². The van der Waals surface area contributed by atoms with E-state index in [2.05, 4.69) is 20.9 Å². The molecule has 0 atom stereocenters. The van der Waals surface area contributed by atoms with Crippen molar-refractivity contribution in [2.75, 3.05) is 0 Å². The van der Waals surface area contributed by atoms with Gasteiger partial charge in [0.1, 0.15) is 0 Å². The lowest BCUT2D eigenvalue weighted by atomic mass is 10.1. The van der Waals surface area contributed by atoms with Crippen LogP contribution in [0, 0.1) is 20.8 Å². The van der Waals surface area contributed by atoms with E-state index >= 15 is 0 Å². The molecule has 5 heteroatoms. The van der Waals surface area contributed by atoms with Gasteiger partial charge in [-0.2, -0.15) is 13.2 Å². The largest absolute Gasteiger partial charge is 0.440 e. The van der Waals surface area contributed by atoms with Crippen LogP contribution in [0.2, 0.25) is 0 Å². The summed E-state index contributed by atoms with van der Waals surface area (Å²) in [6.07, 6.45) is -4.44. The molecule has 88 valence electrons. The number of rotatable bonds is 1. The first-order chi connectivity index (χ1) is 7.21. The number of alkyl halides is 3. The highest BCUT2D eigenvalue weighted by molar-refractivity contribution is 9.18. The molecule has 0 aliphatic rings. The first kappa shape index (κ1) is 13.2. The molecule has 1 aromatic rings. The number of benzene rings is 1. The van der Waals surface area contributed by atoms with Crippen LogP contribution in [-0.4, -0.2) is 10.8 Å².